The Bertz CT molecular complexity index is 2870. The maximum Gasteiger partial charge on any atom is 0.0886 e. The standard InChI is InChI=1S/C46H28N2/c1-3-10-31-24-42-33(22-29(31)8-1)16-19-41-37(14-7-15-40(41)42)34-17-20-45(47-27-34)46-21-18-35(28-48-46)43-26-36-23-30-9-2-4-11-32(30)25-44(36)39-13-6-5-12-38(39)43/h1-28H. The van der Waals surface area contributed by atoms with Crippen LogP contribution in [0.2, 0.25) is 0 Å². The summed E-state index contributed by atoms with van der Waals surface area (Å²) in [4.78, 5) is 9.81. The predicted octanol–water partition coefficient (Wildman–Crippen LogP) is 12.4. The van der Waals surface area contributed by atoms with E-state index in [1.54, 1.807) is 0 Å². The number of rotatable bonds is 3. The van der Waals surface area contributed by atoms with Crippen LogP contribution in [0.15, 0.2) is 170 Å². The van der Waals surface area contributed by atoms with E-state index >= 15 is 0 Å². The molecule has 0 amide bonds. The highest BCUT2D eigenvalue weighted by molar-refractivity contribution is 6.17. The molecule has 0 N–H and O–H groups in total. The summed E-state index contributed by atoms with van der Waals surface area (Å²) >= 11 is 0. The predicted molar refractivity (Wildman–Crippen MR) is 203 cm³/mol. The van der Waals surface area contributed by atoms with Gasteiger partial charge in [-0.2, -0.15) is 0 Å². The number of pyridine rings is 2. The van der Waals surface area contributed by atoms with Crippen LogP contribution in [-0.4, -0.2) is 9.97 Å². The Morgan fingerprint density at radius 2 is 0.771 bits per heavy atom. The second-order valence-electron chi connectivity index (χ2n) is 12.6. The molecule has 0 radical (unpaired) electrons. The molecule has 0 atom stereocenters. The molecule has 0 fully saturated rings. The SMILES string of the molecule is c1ccc2cc3c(ccc4c(-c5ccc(-c6ccc(-c7cc8cc9ccccc9cc8c8ccccc78)cn6)nc5)cccc43)cc2c1. The van der Waals surface area contributed by atoms with Crippen molar-refractivity contribution < 1.29 is 0 Å². The van der Waals surface area contributed by atoms with Gasteiger partial charge in [-0.15, -0.1) is 0 Å². The van der Waals surface area contributed by atoms with Crippen LogP contribution in [0.1, 0.15) is 0 Å². The molecule has 2 heterocycles. The Kier molecular flexibility index (Phi) is 5.91. The summed E-state index contributed by atoms with van der Waals surface area (Å²) < 4.78 is 0. The average Bonchev–Trinajstić information content (AvgIpc) is 3.16. The summed E-state index contributed by atoms with van der Waals surface area (Å²) in [7, 11) is 0. The van der Waals surface area contributed by atoms with E-state index in [9.17, 15) is 0 Å². The van der Waals surface area contributed by atoms with Crippen LogP contribution in [0.3, 0.4) is 0 Å². The molecule has 8 aromatic carbocycles. The van der Waals surface area contributed by atoms with Gasteiger partial charge in [-0.25, -0.2) is 0 Å². The Morgan fingerprint density at radius 1 is 0.271 bits per heavy atom. The summed E-state index contributed by atoms with van der Waals surface area (Å²) in [6.07, 6.45) is 3.96. The highest BCUT2D eigenvalue weighted by Gasteiger charge is 2.12. The normalized spacial score (nSPS) is 11.8. The summed E-state index contributed by atoms with van der Waals surface area (Å²) in [5.41, 5.74) is 6.27. The zero-order valence-electron chi connectivity index (χ0n) is 26.1. The maximum absolute atomic E-state index is 4.91. The molecule has 0 aliphatic carbocycles. The minimum atomic E-state index is 0.859. The van der Waals surface area contributed by atoms with Gasteiger partial charge in [0.1, 0.15) is 0 Å². The number of nitrogens with zero attached hydrogens (tertiary/aromatic N) is 2. The molecule has 0 unspecified atom stereocenters. The zero-order valence-corrected chi connectivity index (χ0v) is 26.1. The summed E-state index contributed by atoms with van der Waals surface area (Å²) in [6.45, 7) is 0. The third kappa shape index (κ3) is 4.27. The largest absolute Gasteiger partial charge is 0.254 e. The van der Waals surface area contributed by atoms with E-state index in [1.807, 2.05) is 12.4 Å². The van der Waals surface area contributed by atoms with Crippen molar-refractivity contribution in [2.45, 2.75) is 0 Å². The van der Waals surface area contributed by atoms with Crippen molar-refractivity contribution in [2.24, 2.45) is 0 Å². The lowest BCUT2D eigenvalue weighted by Gasteiger charge is -2.13. The van der Waals surface area contributed by atoms with Crippen LogP contribution in [-0.2, 0) is 0 Å². The van der Waals surface area contributed by atoms with Crippen molar-refractivity contribution in [2.75, 3.05) is 0 Å². The van der Waals surface area contributed by atoms with E-state index in [-0.39, 0.29) is 0 Å². The average molecular weight is 609 g/mol. The van der Waals surface area contributed by atoms with Crippen molar-refractivity contribution in [1.29, 1.82) is 0 Å². The van der Waals surface area contributed by atoms with E-state index in [1.165, 1.54) is 75.8 Å². The third-order valence-electron chi connectivity index (χ3n) is 9.88. The quantitative estimate of drug-likeness (QED) is 0.147. The minimum Gasteiger partial charge on any atom is -0.254 e. The molecule has 2 aromatic heterocycles. The lowest BCUT2D eigenvalue weighted by molar-refractivity contribution is 1.25. The van der Waals surface area contributed by atoms with E-state index < -0.39 is 0 Å². The molecule has 10 rings (SSSR count). The van der Waals surface area contributed by atoms with Crippen molar-refractivity contribution in [3.63, 3.8) is 0 Å². The molecule has 10 aromatic rings. The minimum absolute atomic E-state index is 0.859. The highest BCUT2D eigenvalue weighted by atomic mass is 14.8. The molecule has 0 aliphatic heterocycles. The van der Waals surface area contributed by atoms with E-state index in [0.717, 1.165) is 22.5 Å². The molecule has 2 heteroatoms. The summed E-state index contributed by atoms with van der Waals surface area (Å²) in [5.74, 6) is 0. The molecule has 0 aliphatic rings. The van der Waals surface area contributed by atoms with Gasteiger partial charge < -0.3 is 0 Å². The Balaban J connectivity index is 1.01. The van der Waals surface area contributed by atoms with Gasteiger partial charge in [0.05, 0.1) is 11.4 Å². The Morgan fingerprint density at radius 3 is 1.40 bits per heavy atom. The molecule has 0 saturated heterocycles. The van der Waals surface area contributed by atoms with Gasteiger partial charge in [0, 0.05) is 23.5 Å². The molecule has 0 bridgehead atoms. The van der Waals surface area contributed by atoms with Crippen molar-refractivity contribution in [3.05, 3.63) is 170 Å². The summed E-state index contributed by atoms with van der Waals surface area (Å²) in [6, 6.07) is 56.9. The van der Waals surface area contributed by atoms with E-state index in [0.29, 0.717) is 0 Å². The van der Waals surface area contributed by atoms with E-state index in [2.05, 4.69) is 158 Å². The van der Waals surface area contributed by atoms with E-state index in [4.69, 9.17) is 9.97 Å². The number of aromatic nitrogens is 2. The molecule has 2 nitrogen and oxygen atoms in total. The van der Waals surface area contributed by atoms with Crippen LogP contribution in [0.25, 0.3) is 98.3 Å². The molecular weight excluding hydrogens is 581 g/mol. The van der Waals surface area contributed by atoms with Gasteiger partial charge in [0.15, 0.2) is 0 Å². The smallest absolute Gasteiger partial charge is 0.0886 e. The molecule has 0 spiro atoms. The first-order valence-electron chi connectivity index (χ1n) is 16.4. The first kappa shape index (κ1) is 26.8. The Hall–Kier alpha value is -6.38. The van der Waals surface area contributed by atoms with Crippen LogP contribution in [0.5, 0.6) is 0 Å². The first-order chi connectivity index (χ1) is 23.8. The first-order valence-corrected chi connectivity index (χ1v) is 16.4. The highest BCUT2D eigenvalue weighted by Crippen LogP contribution is 2.38. The van der Waals surface area contributed by atoms with Crippen LogP contribution >= 0.6 is 0 Å². The van der Waals surface area contributed by atoms with Gasteiger partial charge in [0.2, 0.25) is 0 Å². The molecule has 222 valence electrons. The van der Waals surface area contributed by atoms with Gasteiger partial charge in [-0.3, -0.25) is 9.97 Å². The lowest BCUT2D eigenvalue weighted by Crippen LogP contribution is -1.91. The van der Waals surface area contributed by atoms with Crippen LogP contribution < -0.4 is 0 Å². The molecule has 48 heavy (non-hydrogen) atoms. The molecular formula is C46H28N2. The van der Waals surface area contributed by atoms with Crippen molar-refractivity contribution >= 4 is 64.6 Å². The third-order valence-corrected chi connectivity index (χ3v) is 9.88. The van der Waals surface area contributed by atoms with Gasteiger partial charge >= 0.3 is 0 Å². The topological polar surface area (TPSA) is 25.8 Å². The number of hydrogen-bond donors (Lipinski definition) is 0. The second-order valence-corrected chi connectivity index (χ2v) is 12.6. The fraction of sp³-hybridized carbons (Fsp3) is 0. The molecule has 0 saturated carbocycles. The number of hydrogen-bond acceptors (Lipinski definition) is 2. The lowest BCUT2D eigenvalue weighted by atomic mass is 9.92. The Labute approximate surface area is 277 Å². The number of fused-ring (bicyclic) bond motifs is 8. The van der Waals surface area contributed by atoms with Gasteiger partial charge in [-0.1, -0.05) is 115 Å². The van der Waals surface area contributed by atoms with Gasteiger partial charge in [-0.05, 0) is 118 Å². The second kappa shape index (κ2) is 10.6. The maximum atomic E-state index is 4.91. The monoisotopic (exact) mass is 608 g/mol. The number of benzene rings is 8. The fourth-order valence-electron chi connectivity index (χ4n) is 7.48. The van der Waals surface area contributed by atoms with Crippen LogP contribution in [0, 0.1) is 0 Å². The zero-order chi connectivity index (χ0) is 31.6. The fourth-order valence-corrected chi connectivity index (χ4v) is 7.48. The van der Waals surface area contributed by atoms with Crippen molar-refractivity contribution in [3.8, 4) is 33.6 Å². The summed E-state index contributed by atoms with van der Waals surface area (Å²) in [5, 5.41) is 15.0. The van der Waals surface area contributed by atoms with Crippen molar-refractivity contribution in [1.82, 2.24) is 9.97 Å². The van der Waals surface area contributed by atoms with Gasteiger partial charge in [0.25, 0.3) is 0 Å². The van der Waals surface area contributed by atoms with Crippen LogP contribution in [0.4, 0.5) is 0 Å².